The van der Waals surface area contributed by atoms with Crippen LogP contribution < -0.4 is 5.32 Å². The minimum atomic E-state index is -0.328. The molecule has 0 aromatic heterocycles. The van der Waals surface area contributed by atoms with Crippen molar-refractivity contribution < 1.29 is 19.1 Å². The SMILES string of the molecule is C1CCNC1.CC(=O)OC(C)(C)C.COC=O. The van der Waals surface area contributed by atoms with E-state index in [1.807, 2.05) is 20.8 Å². The molecule has 1 N–H and O–H groups in total. The maximum atomic E-state index is 10.2. The highest BCUT2D eigenvalue weighted by Crippen LogP contribution is 2.05. The summed E-state index contributed by atoms with van der Waals surface area (Å²) in [7, 11) is 1.31. The van der Waals surface area contributed by atoms with E-state index in [0.29, 0.717) is 6.47 Å². The fourth-order valence-corrected chi connectivity index (χ4v) is 1.06. The fraction of sp³-hybridized carbons (Fsp3) is 0.833. The van der Waals surface area contributed by atoms with Crippen molar-refractivity contribution in [3.8, 4) is 0 Å². The van der Waals surface area contributed by atoms with Crippen LogP contribution in [-0.2, 0) is 19.1 Å². The summed E-state index contributed by atoms with van der Waals surface area (Å²) in [5.74, 6) is -0.225. The minimum absolute atomic E-state index is 0.225. The smallest absolute Gasteiger partial charge is 0.303 e. The van der Waals surface area contributed by atoms with E-state index in [9.17, 15) is 4.79 Å². The lowest BCUT2D eigenvalue weighted by atomic mass is 10.2. The molecule has 1 fully saturated rings. The second kappa shape index (κ2) is 11.4. The Hall–Kier alpha value is -1.10. The summed E-state index contributed by atoms with van der Waals surface area (Å²) >= 11 is 0. The predicted octanol–water partition coefficient (Wildman–Crippen LogP) is 1.51. The lowest BCUT2D eigenvalue weighted by molar-refractivity contribution is -0.151. The normalized spacial score (nSPS) is 13.5. The van der Waals surface area contributed by atoms with Gasteiger partial charge in [0.05, 0.1) is 7.11 Å². The molecule has 0 unspecified atom stereocenters. The topological polar surface area (TPSA) is 64.6 Å². The molecule has 0 amide bonds. The molecule has 1 heterocycles. The van der Waals surface area contributed by atoms with Gasteiger partial charge in [-0.2, -0.15) is 0 Å². The van der Waals surface area contributed by atoms with Crippen molar-refractivity contribution in [2.45, 2.75) is 46.1 Å². The Bertz CT molecular complexity index is 188. The number of ether oxygens (including phenoxy) is 2. The van der Waals surface area contributed by atoms with Crippen LogP contribution in [0.3, 0.4) is 0 Å². The van der Waals surface area contributed by atoms with Crippen LogP contribution >= 0.6 is 0 Å². The highest BCUT2D eigenvalue weighted by molar-refractivity contribution is 5.66. The van der Waals surface area contributed by atoms with Crippen LogP contribution in [0.5, 0.6) is 0 Å². The third kappa shape index (κ3) is 25.3. The van der Waals surface area contributed by atoms with Gasteiger partial charge in [-0.3, -0.25) is 9.59 Å². The summed E-state index contributed by atoms with van der Waals surface area (Å²) < 4.78 is 8.66. The number of hydrogen-bond donors (Lipinski definition) is 1. The first-order valence-corrected chi connectivity index (χ1v) is 5.70. The number of hydrogen-bond acceptors (Lipinski definition) is 5. The van der Waals surface area contributed by atoms with E-state index in [2.05, 4.69) is 10.1 Å². The number of nitrogens with one attached hydrogen (secondary N) is 1. The van der Waals surface area contributed by atoms with Crippen LogP contribution in [0.2, 0.25) is 0 Å². The monoisotopic (exact) mass is 247 g/mol. The molecule has 0 bridgehead atoms. The highest BCUT2D eigenvalue weighted by atomic mass is 16.6. The quantitative estimate of drug-likeness (QED) is 0.562. The molecule has 17 heavy (non-hydrogen) atoms. The molecule has 1 saturated heterocycles. The minimum Gasteiger partial charge on any atom is -0.471 e. The summed E-state index contributed by atoms with van der Waals surface area (Å²) in [6.07, 6.45) is 2.78. The summed E-state index contributed by atoms with van der Waals surface area (Å²) in [5.41, 5.74) is -0.328. The summed E-state index contributed by atoms with van der Waals surface area (Å²) in [4.78, 5) is 19.2. The van der Waals surface area contributed by atoms with E-state index in [4.69, 9.17) is 9.53 Å². The standard InChI is InChI=1S/C6H12O2.C4H9N.C2H4O2/c1-5(7)8-6(2,3)4;1-2-4-5-3-1;1-4-2-3/h1-4H3;5H,1-4H2;2H,1H3. The van der Waals surface area contributed by atoms with Gasteiger partial charge in [0.25, 0.3) is 6.47 Å². The van der Waals surface area contributed by atoms with Crippen molar-refractivity contribution >= 4 is 12.4 Å². The zero-order valence-corrected chi connectivity index (χ0v) is 11.5. The number of methoxy groups -OCH3 is 1. The van der Waals surface area contributed by atoms with Gasteiger partial charge in [0.15, 0.2) is 0 Å². The van der Waals surface area contributed by atoms with Crippen LogP contribution in [0.4, 0.5) is 0 Å². The van der Waals surface area contributed by atoms with Gasteiger partial charge in [-0.05, 0) is 46.7 Å². The Kier molecular flexibility index (Phi) is 12.2. The molecular weight excluding hydrogens is 222 g/mol. The Morgan fingerprint density at radius 3 is 1.71 bits per heavy atom. The molecule has 1 aliphatic heterocycles. The fourth-order valence-electron chi connectivity index (χ4n) is 1.06. The maximum absolute atomic E-state index is 10.2. The van der Waals surface area contributed by atoms with E-state index in [1.165, 1.54) is 40.0 Å². The molecule has 5 heteroatoms. The molecule has 0 spiro atoms. The van der Waals surface area contributed by atoms with Gasteiger partial charge in [-0.15, -0.1) is 0 Å². The van der Waals surface area contributed by atoms with Gasteiger partial charge < -0.3 is 14.8 Å². The lowest BCUT2D eigenvalue weighted by Gasteiger charge is -2.17. The molecular formula is C12H25NO4. The number of esters is 1. The van der Waals surface area contributed by atoms with Crippen molar-refractivity contribution in [3.63, 3.8) is 0 Å². The molecule has 102 valence electrons. The van der Waals surface area contributed by atoms with Crippen LogP contribution in [-0.4, -0.2) is 38.2 Å². The Labute approximate surface area is 104 Å². The molecule has 1 aliphatic rings. The number of rotatable bonds is 1. The Morgan fingerprint density at radius 1 is 1.24 bits per heavy atom. The van der Waals surface area contributed by atoms with Crippen molar-refractivity contribution in [2.24, 2.45) is 0 Å². The van der Waals surface area contributed by atoms with Crippen molar-refractivity contribution in [2.75, 3.05) is 20.2 Å². The van der Waals surface area contributed by atoms with E-state index in [0.717, 1.165) is 0 Å². The third-order valence-corrected chi connectivity index (χ3v) is 1.50. The van der Waals surface area contributed by atoms with Crippen LogP contribution in [0.15, 0.2) is 0 Å². The largest absolute Gasteiger partial charge is 0.471 e. The lowest BCUT2D eigenvalue weighted by Crippen LogP contribution is -2.21. The second-order valence-electron chi connectivity index (χ2n) is 4.50. The maximum Gasteiger partial charge on any atom is 0.303 e. The molecule has 0 aliphatic carbocycles. The molecule has 0 aromatic rings. The molecule has 0 saturated carbocycles. The first-order chi connectivity index (χ1) is 7.83. The predicted molar refractivity (Wildman–Crippen MR) is 66.7 cm³/mol. The van der Waals surface area contributed by atoms with Gasteiger partial charge in [0, 0.05) is 6.92 Å². The Balaban J connectivity index is 0. The Morgan fingerprint density at radius 2 is 1.65 bits per heavy atom. The van der Waals surface area contributed by atoms with Gasteiger partial charge >= 0.3 is 5.97 Å². The summed E-state index contributed by atoms with van der Waals surface area (Å²) in [6, 6.07) is 0. The van der Waals surface area contributed by atoms with Gasteiger partial charge in [-0.25, -0.2) is 0 Å². The number of carbonyl (C=O) groups is 2. The second-order valence-corrected chi connectivity index (χ2v) is 4.50. The third-order valence-electron chi connectivity index (χ3n) is 1.50. The zero-order valence-electron chi connectivity index (χ0n) is 11.5. The first kappa shape index (κ1) is 18.3. The van der Waals surface area contributed by atoms with Crippen molar-refractivity contribution in [1.29, 1.82) is 0 Å². The molecule has 5 nitrogen and oxygen atoms in total. The molecule has 0 aromatic carbocycles. The van der Waals surface area contributed by atoms with E-state index in [1.54, 1.807) is 0 Å². The molecule has 1 rings (SSSR count). The highest BCUT2D eigenvalue weighted by Gasteiger charge is 2.11. The van der Waals surface area contributed by atoms with Crippen LogP contribution in [0.25, 0.3) is 0 Å². The van der Waals surface area contributed by atoms with E-state index < -0.39 is 0 Å². The first-order valence-electron chi connectivity index (χ1n) is 5.70. The summed E-state index contributed by atoms with van der Waals surface area (Å²) in [5, 5.41) is 3.22. The van der Waals surface area contributed by atoms with Gasteiger partial charge in [0.2, 0.25) is 0 Å². The average molecular weight is 247 g/mol. The van der Waals surface area contributed by atoms with Crippen LogP contribution in [0, 0.1) is 0 Å². The van der Waals surface area contributed by atoms with Gasteiger partial charge in [-0.1, -0.05) is 0 Å². The van der Waals surface area contributed by atoms with Crippen molar-refractivity contribution in [3.05, 3.63) is 0 Å². The van der Waals surface area contributed by atoms with E-state index >= 15 is 0 Å². The van der Waals surface area contributed by atoms with E-state index in [-0.39, 0.29) is 11.6 Å². The zero-order chi connectivity index (χ0) is 13.7. The summed E-state index contributed by atoms with van der Waals surface area (Å²) in [6.45, 7) is 9.81. The molecule has 0 atom stereocenters. The van der Waals surface area contributed by atoms with Crippen molar-refractivity contribution in [1.82, 2.24) is 5.32 Å². The van der Waals surface area contributed by atoms with Crippen LogP contribution in [0.1, 0.15) is 40.5 Å². The average Bonchev–Trinajstić information content (AvgIpc) is 2.72. The molecule has 0 radical (unpaired) electrons. The number of carbonyl (C=O) groups excluding carboxylic acids is 2. The van der Waals surface area contributed by atoms with Gasteiger partial charge in [0.1, 0.15) is 5.60 Å².